The van der Waals surface area contributed by atoms with Crippen LogP contribution in [0.5, 0.6) is 0 Å². The standard InChI is InChI=1S/C19H24N4O2/c1-12-8-9-23(16(10-12)11-20)19(24)15-6-4-14(5-7-15)18-21-17(22-25-18)13-2-3-13/h4-7,12-13,16H,2-3,8-11,20H2,1H3. The van der Waals surface area contributed by atoms with Crippen LogP contribution in [0, 0.1) is 5.92 Å². The molecule has 1 saturated heterocycles. The first-order chi connectivity index (χ1) is 12.2. The van der Waals surface area contributed by atoms with Gasteiger partial charge < -0.3 is 15.2 Å². The number of carbonyl (C=O) groups excluding carboxylic acids is 1. The van der Waals surface area contributed by atoms with E-state index >= 15 is 0 Å². The predicted molar refractivity (Wildman–Crippen MR) is 94.0 cm³/mol. The Hall–Kier alpha value is -2.21. The maximum Gasteiger partial charge on any atom is 0.257 e. The Kier molecular flexibility index (Phi) is 4.29. The summed E-state index contributed by atoms with van der Waals surface area (Å²) in [6.07, 6.45) is 4.30. The molecule has 2 unspecified atom stereocenters. The third kappa shape index (κ3) is 3.31. The van der Waals surface area contributed by atoms with Crippen LogP contribution in [0.25, 0.3) is 11.5 Å². The Bertz CT molecular complexity index is 751. The maximum absolute atomic E-state index is 12.8. The van der Waals surface area contributed by atoms with E-state index in [0.29, 0.717) is 29.8 Å². The quantitative estimate of drug-likeness (QED) is 0.925. The molecule has 6 heteroatoms. The Labute approximate surface area is 147 Å². The molecule has 2 aliphatic rings. The van der Waals surface area contributed by atoms with Crippen molar-refractivity contribution in [2.75, 3.05) is 13.1 Å². The zero-order valence-corrected chi connectivity index (χ0v) is 14.5. The highest BCUT2D eigenvalue weighted by Crippen LogP contribution is 2.38. The van der Waals surface area contributed by atoms with E-state index in [4.69, 9.17) is 10.3 Å². The zero-order chi connectivity index (χ0) is 17.4. The fourth-order valence-corrected chi connectivity index (χ4v) is 3.52. The van der Waals surface area contributed by atoms with E-state index in [1.54, 1.807) is 0 Å². The van der Waals surface area contributed by atoms with Gasteiger partial charge in [-0.3, -0.25) is 4.79 Å². The van der Waals surface area contributed by atoms with Crippen LogP contribution < -0.4 is 5.73 Å². The molecule has 1 aliphatic heterocycles. The number of rotatable bonds is 4. The number of hydrogen-bond acceptors (Lipinski definition) is 5. The van der Waals surface area contributed by atoms with Gasteiger partial charge in [-0.15, -0.1) is 0 Å². The van der Waals surface area contributed by atoms with Crippen LogP contribution in [0.15, 0.2) is 28.8 Å². The average molecular weight is 340 g/mol. The summed E-state index contributed by atoms with van der Waals surface area (Å²) in [6.45, 7) is 3.51. The van der Waals surface area contributed by atoms with Crippen molar-refractivity contribution in [3.05, 3.63) is 35.7 Å². The average Bonchev–Trinajstić information content (AvgIpc) is 3.38. The molecule has 0 spiro atoms. The molecular formula is C19H24N4O2. The Morgan fingerprint density at radius 3 is 2.72 bits per heavy atom. The van der Waals surface area contributed by atoms with Crippen molar-refractivity contribution < 1.29 is 9.32 Å². The molecule has 1 aromatic carbocycles. The topological polar surface area (TPSA) is 85.2 Å². The van der Waals surface area contributed by atoms with Crippen molar-refractivity contribution in [2.24, 2.45) is 11.7 Å². The molecule has 25 heavy (non-hydrogen) atoms. The molecule has 2 N–H and O–H groups in total. The minimum atomic E-state index is 0.0538. The first-order valence-corrected chi connectivity index (χ1v) is 9.10. The summed E-state index contributed by atoms with van der Waals surface area (Å²) in [7, 11) is 0. The van der Waals surface area contributed by atoms with E-state index in [1.807, 2.05) is 29.2 Å². The van der Waals surface area contributed by atoms with E-state index in [-0.39, 0.29) is 11.9 Å². The van der Waals surface area contributed by atoms with Crippen LogP contribution >= 0.6 is 0 Å². The molecule has 1 amide bonds. The molecule has 1 saturated carbocycles. The molecule has 2 fully saturated rings. The largest absolute Gasteiger partial charge is 0.334 e. The summed E-state index contributed by atoms with van der Waals surface area (Å²) in [4.78, 5) is 19.2. The van der Waals surface area contributed by atoms with E-state index in [0.717, 1.165) is 43.6 Å². The van der Waals surface area contributed by atoms with E-state index in [9.17, 15) is 4.79 Å². The third-order valence-corrected chi connectivity index (χ3v) is 5.27. The Morgan fingerprint density at radius 2 is 2.04 bits per heavy atom. The normalized spacial score (nSPS) is 23.7. The van der Waals surface area contributed by atoms with Crippen molar-refractivity contribution in [2.45, 2.75) is 44.6 Å². The van der Waals surface area contributed by atoms with Gasteiger partial charge in [0, 0.05) is 36.2 Å². The SMILES string of the molecule is CC1CCN(C(=O)c2ccc(-c3nc(C4CC4)no3)cc2)C(CN)C1. The number of benzene rings is 1. The van der Waals surface area contributed by atoms with Crippen LogP contribution in [0.3, 0.4) is 0 Å². The van der Waals surface area contributed by atoms with Gasteiger partial charge in [0.15, 0.2) is 5.82 Å². The van der Waals surface area contributed by atoms with E-state index < -0.39 is 0 Å². The molecule has 4 rings (SSSR count). The van der Waals surface area contributed by atoms with Gasteiger partial charge in [-0.05, 0) is 55.9 Å². The fraction of sp³-hybridized carbons (Fsp3) is 0.526. The second-order valence-electron chi connectivity index (χ2n) is 7.33. The minimum Gasteiger partial charge on any atom is -0.334 e. The van der Waals surface area contributed by atoms with Crippen LogP contribution in [-0.2, 0) is 0 Å². The van der Waals surface area contributed by atoms with Crippen molar-refractivity contribution in [3.8, 4) is 11.5 Å². The maximum atomic E-state index is 12.8. The summed E-state index contributed by atoms with van der Waals surface area (Å²) in [6, 6.07) is 7.56. The van der Waals surface area contributed by atoms with Gasteiger partial charge in [0.05, 0.1) is 0 Å². The highest BCUT2D eigenvalue weighted by atomic mass is 16.5. The van der Waals surface area contributed by atoms with Gasteiger partial charge in [0.25, 0.3) is 11.8 Å². The first kappa shape index (κ1) is 16.3. The lowest BCUT2D eigenvalue weighted by molar-refractivity contribution is 0.0573. The van der Waals surface area contributed by atoms with Crippen molar-refractivity contribution >= 4 is 5.91 Å². The molecular weight excluding hydrogens is 316 g/mol. The number of piperidine rings is 1. The molecule has 0 radical (unpaired) electrons. The molecule has 132 valence electrons. The van der Waals surface area contributed by atoms with Gasteiger partial charge >= 0.3 is 0 Å². The van der Waals surface area contributed by atoms with Crippen LogP contribution in [0.1, 0.15) is 54.7 Å². The fourth-order valence-electron chi connectivity index (χ4n) is 3.52. The second-order valence-corrected chi connectivity index (χ2v) is 7.33. The first-order valence-electron chi connectivity index (χ1n) is 9.10. The molecule has 6 nitrogen and oxygen atoms in total. The van der Waals surface area contributed by atoms with Gasteiger partial charge in [-0.1, -0.05) is 12.1 Å². The monoisotopic (exact) mass is 340 g/mol. The van der Waals surface area contributed by atoms with E-state index in [1.165, 1.54) is 0 Å². The second kappa shape index (κ2) is 6.59. The van der Waals surface area contributed by atoms with Crippen LogP contribution in [-0.4, -0.2) is 40.1 Å². The summed E-state index contributed by atoms with van der Waals surface area (Å²) in [5.41, 5.74) is 7.41. The van der Waals surface area contributed by atoms with Gasteiger partial charge in [-0.25, -0.2) is 0 Å². The molecule has 0 bridgehead atoms. The molecule has 2 heterocycles. The highest BCUT2D eigenvalue weighted by molar-refractivity contribution is 5.95. The lowest BCUT2D eigenvalue weighted by atomic mass is 9.92. The number of nitrogens with two attached hydrogens (primary N) is 1. The van der Waals surface area contributed by atoms with Crippen LogP contribution in [0.2, 0.25) is 0 Å². The van der Waals surface area contributed by atoms with Gasteiger partial charge in [0.2, 0.25) is 0 Å². The predicted octanol–water partition coefficient (Wildman–Crippen LogP) is 2.81. The third-order valence-electron chi connectivity index (χ3n) is 5.27. The Morgan fingerprint density at radius 1 is 1.28 bits per heavy atom. The number of carbonyl (C=O) groups is 1. The number of hydrogen-bond donors (Lipinski definition) is 1. The molecule has 1 aromatic heterocycles. The lowest BCUT2D eigenvalue weighted by Crippen LogP contribution is -2.49. The van der Waals surface area contributed by atoms with Crippen molar-refractivity contribution in [3.63, 3.8) is 0 Å². The number of nitrogens with zero attached hydrogens (tertiary/aromatic N) is 3. The summed E-state index contributed by atoms with van der Waals surface area (Å²) >= 11 is 0. The minimum absolute atomic E-state index is 0.0538. The van der Waals surface area contributed by atoms with E-state index in [2.05, 4.69) is 17.1 Å². The highest BCUT2D eigenvalue weighted by Gasteiger charge is 2.30. The molecule has 2 atom stereocenters. The molecule has 2 aromatic rings. The number of aromatic nitrogens is 2. The summed E-state index contributed by atoms with van der Waals surface area (Å²) in [5, 5.41) is 4.04. The smallest absolute Gasteiger partial charge is 0.257 e. The molecule has 1 aliphatic carbocycles. The number of amides is 1. The van der Waals surface area contributed by atoms with Crippen molar-refractivity contribution in [1.29, 1.82) is 0 Å². The van der Waals surface area contributed by atoms with Crippen molar-refractivity contribution in [1.82, 2.24) is 15.0 Å². The van der Waals surface area contributed by atoms with Gasteiger partial charge in [-0.2, -0.15) is 4.98 Å². The van der Waals surface area contributed by atoms with Crippen LogP contribution in [0.4, 0.5) is 0 Å². The summed E-state index contributed by atoms with van der Waals surface area (Å²) in [5.74, 6) is 2.46. The number of likely N-dealkylation sites (tertiary alicyclic amines) is 1. The zero-order valence-electron chi connectivity index (χ0n) is 14.5. The van der Waals surface area contributed by atoms with Gasteiger partial charge in [0.1, 0.15) is 0 Å². The Balaban J connectivity index is 1.49. The lowest BCUT2D eigenvalue weighted by Gasteiger charge is -2.38. The summed E-state index contributed by atoms with van der Waals surface area (Å²) < 4.78 is 5.34.